The second kappa shape index (κ2) is 3.71. The molecular weight excluding hydrogens is 312 g/mol. The van der Waals surface area contributed by atoms with E-state index in [9.17, 15) is 18.0 Å². The summed E-state index contributed by atoms with van der Waals surface area (Å²) in [6, 6.07) is 0.800. The number of carbonyl (C=O) groups is 1. The summed E-state index contributed by atoms with van der Waals surface area (Å²) in [6.45, 7) is 0. The number of halogens is 4. The highest BCUT2D eigenvalue weighted by atomic mass is 127. The van der Waals surface area contributed by atoms with Gasteiger partial charge in [-0.2, -0.15) is 13.2 Å². The van der Waals surface area contributed by atoms with Crippen LogP contribution in [0.15, 0.2) is 12.3 Å². The van der Waals surface area contributed by atoms with E-state index in [1.54, 1.807) is 0 Å². The van der Waals surface area contributed by atoms with Crippen LogP contribution >= 0.6 is 22.6 Å². The molecule has 0 aliphatic carbocycles. The molecule has 0 fully saturated rings. The average molecular weight is 316 g/mol. The number of pyridine rings is 1. The Hall–Kier alpha value is -0.860. The molecule has 1 heterocycles. The van der Waals surface area contributed by atoms with E-state index in [0.717, 1.165) is 12.3 Å². The van der Waals surface area contributed by atoms with Gasteiger partial charge in [0.05, 0.1) is 9.13 Å². The van der Waals surface area contributed by atoms with Crippen LogP contribution in [0.5, 0.6) is 0 Å². The highest BCUT2D eigenvalue weighted by molar-refractivity contribution is 14.1. The van der Waals surface area contributed by atoms with E-state index in [4.69, 9.17) is 5.73 Å². The Morgan fingerprint density at radius 1 is 1.50 bits per heavy atom. The summed E-state index contributed by atoms with van der Waals surface area (Å²) in [6.07, 6.45) is -3.59. The lowest BCUT2D eigenvalue weighted by Crippen LogP contribution is -2.18. The van der Waals surface area contributed by atoms with Gasteiger partial charge < -0.3 is 5.73 Å². The number of hydrogen-bond acceptors (Lipinski definition) is 2. The number of primary amides is 1. The molecule has 0 bridgehead atoms. The lowest BCUT2D eigenvalue weighted by Gasteiger charge is -2.09. The number of carbonyl (C=O) groups excluding carboxylic acids is 1. The van der Waals surface area contributed by atoms with E-state index >= 15 is 0 Å². The van der Waals surface area contributed by atoms with Gasteiger partial charge in [0.15, 0.2) is 0 Å². The van der Waals surface area contributed by atoms with Gasteiger partial charge in [0.1, 0.15) is 5.69 Å². The first kappa shape index (κ1) is 11.2. The Morgan fingerprint density at radius 3 is 2.50 bits per heavy atom. The minimum Gasteiger partial charge on any atom is -0.364 e. The monoisotopic (exact) mass is 316 g/mol. The van der Waals surface area contributed by atoms with Crippen molar-refractivity contribution in [3.63, 3.8) is 0 Å². The lowest BCUT2D eigenvalue weighted by molar-refractivity contribution is -0.138. The van der Waals surface area contributed by atoms with Crippen LogP contribution in [-0.4, -0.2) is 10.9 Å². The van der Waals surface area contributed by atoms with Gasteiger partial charge in [-0.15, -0.1) is 0 Å². The molecule has 0 unspecified atom stereocenters. The van der Waals surface area contributed by atoms with E-state index in [0.29, 0.717) is 0 Å². The molecule has 0 radical (unpaired) electrons. The minimum atomic E-state index is -4.50. The first-order chi connectivity index (χ1) is 6.34. The van der Waals surface area contributed by atoms with Crippen LogP contribution in [0.4, 0.5) is 13.2 Å². The Morgan fingerprint density at radius 2 is 2.07 bits per heavy atom. The summed E-state index contributed by atoms with van der Waals surface area (Å²) < 4.78 is 36.6. The smallest absolute Gasteiger partial charge is 0.364 e. The molecule has 1 amide bonds. The average Bonchev–Trinajstić information content (AvgIpc) is 2.01. The quantitative estimate of drug-likeness (QED) is 0.803. The number of amides is 1. The zero-order valence-corrected chi connectivity index (χ0v) is 8.76. The molecule has 0 saturated carbocycles. The number of nitrogens with two attached hydrogens (primary N) is 1. The predicted molar refractivity (Wildman–Crippen MR) is 50.5 cm³/mol. The molecule has 0 spiro atoms. The number of alkyl halides is 3. The van der Waals surface area contributed by atoms with Crippen molar-refractivity contribution >= 4 is 28.5 Å². The first-order valence-corrected chi connectivity index (χ1v) is 4.43. The zero-order chi connectivity index (χ0) is 10.9. The third-order valence-electron chi connectivity index (χ3n) is 1.43. The van der Waals surface area contributed by atoms with Crippen molar-refractivity contribution in [2.24, 2.45) is 5.73 Å². The van der Waals surface area contributed by atoms with Crippen LogP contribution in [0.2, 0.25) is 0 Å². The van der Waals surface area contributed by atoms with Gasteiger partial charge in [-0.25, -0.2) is 4.98 Å². The summed E-state index contributed by atoms with van der Waals surface area (Å²) in [5.74, 6) is -0.972. The van der Waals surface area contributed by atoms with E-state index in [1.807, 2.05) is 0 Å². The van der Waals surface area contributed by atoms with E-state index < -0.39 is 17.6 Å². The highest BCUT2D eigenvalue weighted by Gasteiger charge is 2.34. The van der Waals surface area contributed by atoms with Crippen molar-refractivity contribution < 1.29 is 18.0 Å². The number of hydrogen-bond donors (Lipinski definition) is 1. The summed E-state index contributed by atoms with van der Waals surface area (Å²) in [4.78, 5) is 14.2. The van der Waals surface area contributed by atoms with Gasteiger partial charge in [0, 0.05) is 6.20 Å². The molecule has 7 heteroatoms. The third kappa shape index (κ3) is 2.14. The largest absolute Gasteiger partial charge is 0.417 e. The zero-order valence-electron chi connectivity index (χ0n) is 6.60. The van der Waals surface area contributed by atoms with Crippen molar-refractivity contribution in [1.82, 2.24) is 4.98 Å². The summed E-state index contributed by atoms with van der Waals surface area (Å²) in [5.41, 5.74) is 3.59. The number of nitrogens with zero attached hydrogens (tertiary/aromatic N) is 1. The Labute approximate surface area is 90.6 Å². The topological polar surface area (TPSA) is 56.0 Å². The summed E-state index contributed by atoms with van der Waals surface area (Å²) in [7, 11) is 0. The van der Waals surface area contributed by atoms with Crippen LogP contribution in [0, 0.1) is 3.57 Å². The maximum absolute atomic E-state index is 12.3. The molecule has 3 nitrogen and oxygen atoms in total. The molecule has 0 aliphatic rings. The predicted octanol–water partition coefficient (Wildman–Crippen LogP) is 1.80. The van der Waals surface area contributed by atoms with Crippen molar-refractivity contribution in [1.29, 1.82) is 0 Å². The number of rotatable bonds is 1. The fourth-order valence-corrected chi connectivity index (χ4v) is 1.73. The molecule has 1 aromatic heterocycles. The van der Waals surface area contributed by atoms with Crippen LogP contribution in [0.1, 0.15) is 16.1 Å². The van der Waals surface area contributed by atoms with E-state index in [2.05, 4.69) is 4.98 Å². The highest BCUT2D eigenvalue weighted by Crippen LogP contribution is 2.33. The van der Waals surface area contributed by atoms with E-state index in [1.165, 1.54) is 22.6 Å². The second-order valence-corrected chi connectivity index (χ2v) is 3.46. The molecule has 0 aromatic carbocycles. The molecule has 1 aromatic rings. The van der Waals surface area contributed by atoms with E-state index in [-0.39, 0.29) is 9.26 Å². The van der Waals surface area contributed by atoms with Gasteiger partial charge >= 0.3 is 6.18 Å². The van der Waals surface area contributed by atoms with Gasteiger partial charge in [-0.05, 0) is 28.7 Å². The Balaban J connectivity index is 3.35. The van der Waals surface area contributed by atoms with Crippen molar-refractivity contribution in [2.75, 3.05) is 0 Å². The van der Waals surface area contributed by atoms with Crippen LogP contribution in [0.25, 0.3) is 0 Å². The normalized spacial score (nSPS) is 11.4. The van der Waals surface area contributed by atoms with Gasteiger partial charge in [0.25, 0.3) is 5.91 Å². The lowest BCUT2D eigenvalue weighted by atomic mass is 10.2. The Kier molecular flexibility index (Phi) is 2.98. The fourth-order valence-electron chi connectivity index (χ4n) is 0.834. The molecule has 2 N–H and O–H groups in total. The maximum atomic E-state index is 12.3. The molecule has 1 rings (SSSR count). The SMILES string of the molecule is NC(=O)c1nccc(C(F)(F)F)c1I. The molecular formula is C7H4F3IN2O. The molecule has 14 heavy (non-hydrogen) atoms. The molecule has 0 aliphatic heterocycles. The standard InChI is InChI=1S/C7H4F3IN2O/c8-7(9,10)3-1-2-13-5(4(3)11)6(12)14/h1-2H,(H2,12,14). The summed E-state index contributed by atoms with van der Waals surface area (Å²) in [5, 5.41) is 0. The third-order valence-corrected chi connectivity index (χ3v) is 2.52. The fraction of sp³-hybridized carbons (Fsp3) is 0.143. The van der Waals surface area contributed by atoms with Crippen LogP contribution in [-0.2, 0) is 6.18 Å². The summed E-state index contributed by atoms with van der Waals surface area (Å²) >= 11 is 1.40. The van der Waals surface area contributed by atoms with Crippen molar-refractivity contribution in [2.45, 2.75) is 6.18 Å². The van der Waals surface area contributed by atoms with Gasteiger partial charge in [-0.3, -0.25) is 4.79 Å². The van der Waals surface area contributed by atoms with Crippen LogP contribution < -0.4 is 5.73 Å². The van der Waals surface area contributed by atoms with Crippen molar-refractivity contribution in [3.05, 3.63) is 27.1 Å². The number of aromatic nitrogens is 1. The van der Waals surface area contributed by atoms with Gasteiger partial charge in [-0.1, -0.05) is 0 Å². The molecule has 76 valence electrons. The minimum absolute atomic E-state index is 0.273. The van der Waals surface area contributed by atoms with Gasteiger partial charge in [0.2, 0.25) is 0 Å². The molecule has 0 saturated heterocycles. The Bertz CT molecular complexity index is 378. The van der Waals surface area contributed by atoms with Crippen molar-refractivity contribution in [3.8, 4) is 0 Å². The first-order valence-electron chi connectivity index (χ1n) is 3.35. The van der Waals surface area contributed by atoms with Crippen LogP contribution in [0.3, 0.4) is 0 Å². The maximum Gasteiger partial charge on any atom is 0.417 e. The molecule has 0 atom stereocenters. The second-order valence-electron chi connectivity index (χ2n) is 2.38.